The van der Waals surface area contributed by atoms with Crippen molar-refractivity contribution < 1.29 is 28.6 Å². The van der Waals surface area contributed by atoms with Gasteiger partial charge in [0, 0.05) is 12.8 Å². The summed E-state index contributed by atoms with van der Waals surface area (Å²) < 4.78 is 16.8. The molecule has 0 N–H and O–H groups in total. The van der Waals surface area contributed by atoms with Crippen LogP contribution in [0.1, 0.15) is 290 Å². The molecule has 0 aliphatic heterocycles. The second-order valence-electron chi connectivity index (χ2n) is 22.0. The standard InChI is InChI=1S/C77H124O6/c1-4-7-10-13-16-19-22-25-28-29-30-31-32-33-34-35-36-37-38-39-40-41-42-43-44-45-46-47-50-52-55-58-61-64-67-70-76(79)82-73-74(83-77(80)71-68-65-62-59-56-53-49-27-24-21-18-15-12-9-6-3)72-81-75(78)69-66-63-60-57-54-51-48-26-23-20-17-14-11-8-5-2/h7,9-10,12,16,18-19,21,25-28,30-31,33-34,36-37,39-40,48-49,56,59,65,68,74H,4-6,8,11,13-15,17,20,22-24,29,32,35,38,41-47,50-55,57-58,60-64,66-67,69-73H2,1-3H3/b10-7-,12-9-,19-16-,21-18-,28-25-,31-30-,34-33-,37-36-,40-39-,48-26-,49-27-,59-56-,68-65-. The summed E-state index contributed by atoms with van der Waals surface area (Å²) >= 11 is 0. The van der Waals surface area contributed by atoms with Crippen LogP contribution in [0.3, 0.4) is 0 Å². The molecule has 0 radical (unpaired) electrons. The first kappa shape index (κ1) is 78.0. The van der Waals surface area contributed by atoms with Gasteiger partial charge in [-0.3, -0.25) is 14.4 Å². The lowest BCUT2D eigenvalue weighted by atomic mass is 10.0. The fourth-order valence-electron chi connectivity index (χ4n) is 9.02. The molecule has 0 amide bonds. The van der Waals surface area contributed by atoms with Crippen LogP contribution in [0.5, 0.6) is 0 Å². The lowest BCUT2D eigenvalue weighted by molar-refractivity contribution is -0.166. The van der Waals surface area contributed by atoms with Gasteiger partial charge in [0.15, 0.2) is 6.10 Å². The highest BCUT2D eigenvalue weighted by atomic mass is 16.6. The van der Waals surface area contributed by atoms with Crippen LogP contribution < -0.4 is 0 Å². The Bertz CT molecular complexity index is 1840. The summed E-state index contributed by atoms with van der Waals surface area (Å²) in [5.74, 6) is -1.06. The molecule has 0 saturated heterocycles. The fourth-order valence-corrected chi connectivity index (χ4v) is 9.02. The van der Waals surface area contributed by atoms with Crippen LogP contribution in [0, 0.1) is 0 Å². The number of carbonyl (C=O) groups excluding carboxylic acids is 3. The molecule has 0 aromatic heterocycles. The summed E-state index contributed by atoms with van der Waals surface area (Å²) in [6.07, 6.45) is 102. The number of allylic oxidation sites excluding steroid dienone is 25. The number of esters is 3. The molecule has 468 valence electrons. The van der Waals surface area contributed by atoms with E-state index in [1.54, 1.807) is 6.08 Å². The minimum absolute atomic E-state index is 0.0904. The molecule has 0 fully saturated rings. The van der Waals surface area contributed by atoms with Crippen LogP contribution in [0.15, 0.2) is 158 Å². The van der Waals surface area contributed by atoms with Crippen molar-refractivity contribution >= 4 is 17.9 Å². The first-order valence-corrected chi connectivity index (χ1v) is 34.0. The Kier molecular flexibility index (Phi) is 65.4. The van der Waals surface area contributed by atoms with Gasteiger partial charge in [-0.25, -0.2) is 0 Å². The van der Waals surface area contributed by atoms with Crippen molar-refractivity contribution in [2.75, 3.05) is 13.2 Å². The monoisotopic (exact) mass is 1140 g/mol. The van der Waals surface area contributed by atoms with Gasteiger partial charge in [-0.1, -0.05) is 301 Å². The molecule has 6 heteroatoms. The van der Waals surface area contributed by atoms with Gasteiger partial charge in [0.25, 0.3) is 0 Å². The van der Waals surface area contributed by atoms with Crippen molar-refractivity contribution in [2.45, 2.75) is 297 Å². The zero-order valence-corrected chi connectivity index (χ0v) is 53.7. The minimum atomic E-state index is -0.842. The molecule has 0 saturated carbocycles. The Balaban J connectivity index is 4.28. The third kappa shape index (κ3) is 67.7. The predicted octanol–water partition coefficient (Wildman–Crippen LogP) is 23.7. The molecule has 1 atom stereocenters. The van der Waals surface area contributed by atoms with Crippen molar-refractivity contribution in [1.82, 2.24) is 0 Å². The lowest BCUT2D eigenvalue weighted by Gasteiger charge is -2.18. The number of rotatable bonds is 60. The van der Waals surface area contributed by atoms with Gasteiger partial charge in [0.2, 0.25) is 0 Å². The second-order valence-corrected chi connectivity index (χ2v) is 22.0. The Hall–Kier alpha value is -4.97. The third-order valence-electron chi connectivity index (χ3n) is 14.0. The largest absolute Gasteiger partial charge is 0.462 e. The summed E-state index contributed by atoms with van der Waals surface area (Å²) in [5.41, 5.74) is 0. The van der Waals surface area contributed by atoms with Gasteiger partial charge in [-0.05, 0) is 128 Å². The summed E-state index contributed by atoms with van der Waals surface area (Å²) in [6.45, 7) is 6.32. The predicted molar refractivity (Wildman–Crippen MR) is 362 cm³/mol. The van der Waals surface area contributed by atoms with Crippen LogP contribution in [0.4, 0.5) is 0 Å². The van der Waals surface area contributed by atoms with Crippen molar-refractivity contribution in [3.05, 3.63) is 158 Å². The maximum Gasteiger partial charge on any atom is 0.310 e. The molecule has 0 heterocycles. The van der Waals surface area contributed by atoms with Crippen LogP contribution in [-0.2, 0) is 28.6 Å². The van der Waals surface area contributed by atoms with Gasteiger partial charge in [0.1, 0.15) is 13.2 Å². The average Bonchev–Trinajstić information content (AvgIpc) is 3.49. The molecule has 0 aromatic rings. The van der Waals surface area contributed by atoms with Crippen LogP contribution in [-0.4, -0.2) is 37.2 Å². The normalized spacial score (nSPS) is 13.1. The number of carbonyl (C=O) groups is 3. The molecule has 1 unspecified atom stereocenters. The van der Waals surface area contributed by atoms with Gasteiger partial charge in [-0.15, -0.1) is 0 Å². The van der Waals surface area contributed by atoms with Crippen molar-refractivity contribution in [3.63, 3.8) is 0 Å². The smallest absolute Gasteiger partial charge is 0.310 e. The lowest BCUT2D eigenvalue weighted by Crippen LogP contribution is -2.30. The van der Waals surface area contributed by atoms with Crippen molar-refractivity contribution in [1.29, 1.82) is 0 Å². The summed E-state index contributed by atoms with van der Waals surface area (Å²) in [7, 11) is 0. The maximum absolute atomic E-state index is 12.8. The van der Waals surface area contributed by atoms with E-state index in [1.807, 2.05) is 6.08 Å². The topological polar surface area (TPSA) is 78.9 Å². The summed E-state index contributed by atoms with van der Waals surface area (Å²) in [6, 6.07) is 0. The van der Waals surface area contributed by atoms with E-state index in [-0.39, 0.29) is 31.6 Å². The molecule has 0 aromatic carbocycles. The molecule has 0 aliphatic carbocycles. The fraction of sp³-hybridized carbons (Fsp3) is 0.623. The highest BCUT2D eigenvalue weighted by molar-refractivity contribution is 5.72. The van der Waals surface area contributed by atoms with Crippen LogP contribution in [0.2, 0.25) is 0 Å². The van der Waals surface area contributed by atoms with Gasteiger partial charge in [-0.2, -0.15) is 0 Å². The van der Waals surface area contributed by atoms with Crippen LogP contribution >= 0.6 is 0 Å². The van der Waals surface area contributed by atoms with E-state index in [1.165, 1.54) is 122 Å². The van der Waals surface area contributed by atoms with Crippen molar-refractivity contribution in [3.8, 4) is 0 Å². The van der Waals surface area contributed by atoms with E-state index >= 15 is 0 Å². The minimum Gasteiger partial charge on any atom is -0.462 e. The summed E-state index contributed by atoms with van der Waals surface area (Å²) in [5, 5.41) is 0. The highest BCUT2D eigenvalue weighted by Crippen LogP contribution is 2.15. The first-order valence-electron chi connectivity index (χ1n) is 34.0. The Morgan fingerprint density at radius 2 is 0.506 bits per heavy atom. The van der Waals surface area contributed by atoms with Gasteiger partial charge >= 0.3 is 17.9 Å². The zero-order valence-electron chi connectivity index (χ0n) is 53.7. The van der Waals surface area contributed by atoms with E-state index in [0.29, 0.717) is 19.3 Å². The SMILES string of the molecule is CC/C=C\C/C=C\C/C=C\C/C=C\C/C=C\C/C=C\C/C=C\CCCCCCCCCCCCCCCC(=O)OCC(COC(=O)CCCCCCC/C=C\CCCCCCCC)OC(=O)C/C=C\C/C=C\C/C=C\C/C=C\C/C=C\CC. The average molecular weight is 1150 g/mol. The van der Waals surface area contributed by atoms with Crippen molar-refractivity contribution in [2.24, 2.45) is 0 Å². The molecule has 0 spiro atoms. The molecule has 0 bridgehead atoms. The molecular weight excluding hydrogens is 1020 g/mol. The quantitative estimate of drug-likeness (QED) is 0.0261. The maximum atomic E-state index is 12.8. The van der Waals surface area contributed by atoms with Gasteiger partial charge < -0.3 is 14.2 Å². The number of hydrogen-bond acceptors (Lipinski definition) is 6. The number of ether oxygens (including phenoxy) is 3. The molecule has 0 rings (SSSR count). The van der Waals surface area contributed by atoms with E-state index in [9.17, 15) is 14.4 Å². The first-order chi connectivity index (χ1) is 41.0. The Morgan fingerprint density at radius 3 is 0.807 bits per heavy atom. The summed E-state index contributed by atoms with van der Waals surface area (Å²) in [4.78, 5) is 38.3. The molecule has 6 nitrogen and oxygen atoms in total. The van der Waals surface area contributed by atoms with E-state index in [4.69, 9.17) is 14.2 Å². The third-order valence-corrected chi connectivity index (χ3v) is 14.0. The molecular formula is C77H124O6. The number of hydrogen-bond donors (Lipinski definition) is 0. The molecule has 0 aliphatic rings. The van der Waals surface area contributed by atoms with Crippen LogP contribution in [0.25, 0.3) is 0 Å². The van der Waals surface area contributed by atoms with Gasteiger partial charge in [0.05, 0.1) is 6.42 Å². The second kappa shape index (κ2) is 69.5. The molecule has 83 heavy (non-hydrogen) atoms. The van der Waals surface area contributed by atoms with E-state index in [0.717, 1.165) is 122 Å². The highest BCUT2D eigenvalue weighted by Gasteiger charge is 2.19. The van der Waals surface area contributed by atoms with E-state index < -0.39 is 12.1 Å². The zero-order chi connectivity index (χ0) is 59.9. The Morgan fingerprint density at radius 1 is 0.265 bits per heavy atom. The van der Waals surface area contributed by atoms with E-state index in [2.05, 4.69) is 167 Å². The number of unbranched alkanes of at least 4 members (excludes halogenated alkanes) is 24. The Labute approximate surface area is 511 Å².